The van der Waals surface area contributed by atoms with E-state index < -0.39 is 0 Å². The fourth-order valence-electron chi connectivity index (χ4n) is 1.37. The van der Waals surface area contributed by atoms with Crippen LogP contribution in [0.25, 0.3) is 6.08 Å². The fourth-order valence-corrected chi connectivity index (χ4v) is 2.26. The predicted octanol–water partition coefficient (Wildman–Crippen LogP) is 1.89. The number of phenolic OH excluding ortho intramolecular Hbond substituents is 1. The molecule has 0 saturated carbocycles. The fraction of sp³-hybridized carbons (Fsp3) is 0.0909. The number of phenols is 1. The van der Waals surface area contributed by atoms with Crippen molar-refractivity contribution in [3.05, 3.63) is 29.5 Å². The number of carbonyl (C=O) groups excluding carboxylic acids is 1. The summed E-state index contributed by atoms with van der Waals surface area (Å²) in [4.78, 5) is 11.5. The molecule has 0 amide bonds. The van der Waals surface area contributed by atoms with E-state index in [1.807, 2.05) is 0 Å². The number of hydrogen-bond acceptors (Lipinski definition) is 5. The summed E-state index contributed by atoms with van der Waals surface area (Å²) in [6.45, 7) is 0. The number of aromatic hydroxyl groups is 1. The number of methoxy groups -OCH3 is 1. The Hall–Kier alpha value is -1.53. The Morgan fingerprint density at radius 3 is 2.88 bits per heavy atom. The van der Waals surface area contributed by atoms with E-state index in [1.165, 1.54) is 13.2 Å². The molecule has 1 aliphatic rings. The molecule has 6 heteroatoms. The smallest absolute Gasteiger partial charge is 0.242 e. The quantitative estimate of drug-likeness (QED) is 0.630. The van der Waals surface area contributed by atoms with Crippen LogP contribution in [0.5, 0.6) is 11.5 Å². The van der Waals surface area contributed by atoms with E-state index in [0.717, 1.165) is 17.3 Å². The standard InChI is InChI=1S/C11H9NO3S2/c1-15-9-5-6(2-3-8(9)13)4-7-10(14)17-11(16)12-7/h2-5,13H,1H3,(H,12,16)/b7-4+. The lowest BCUT2D eigenvalue weighted by Gasteiger charge is -2.04. The maximum atomic E-state index is 11.5. The summed E-state index contributed by atoms with van der Waals surface area (Å²) in [6, 6.07) is 4.84. The van der Waals surface area contributed by atoms with E-state index in [-0.39, 0.29) is 10.9 Å². The van der Waals surface area contributed by atoms with Gasteiger partial charge in [0.15, 0.2) is 11.5 Å². The van der Waals surface area contributed by atoms with E-state index in [0.29, 0.717) is 15.8 Å². The molecule has 2 N–H and O–H groups in total. The van der Waals surface area contributed by atoms with Gasteiger partial charge in [0, 0.05) is 0 Å². The molecule has 88 valence electrons. The maximum Gasteiger partial charge on any atom is 0.242 e. The molecule has 1 aliphatic heterocycles. The Kier molecular flexibility index (Phi) is 3.35. The Balaban J connectivity index is 2.33. The normalized spacial score (nSPS) is 17.4. The van der Waals surface area contributed by atoms with Gasteiger partial charge >= 0.3 is 0 Å². The Morgan fingerprint density at radius 2 is 2.29 bits per heavy atom. The zero-order chi connectivity index (χ0) is 12.4. The number of rotatable bonds is 2. The molecule has 1 aromatic rings. The molecular weight excluding hydrogens is 258 g/mol. The lowest BCUT2D eigenvalue weighted by Crippen LogP contribution is -2.09. The van der Waals surface area contributed by atoms with Crippen LogP contribution in [0.15, 0.2) is 23.9 Å². The average molecular weight is 267 g/mol. The van der Waals surface area contributed by atoms with Crippen molar-refractivity contribution in [2.75, 3.05) is 7.11 Å². The Labute approximate surface area is 108 Å². The SMILES string of the molecule is COc1cc(/C=C2/NC(=S)SC2=O)ccc1O. The van der Waals surface area contributed by atoms with Gasteiger partial charge in [0.25, 0.3) is 0 Å². The van der Waals surface area contributed by atoms with E-state index >= 15 is 0 Å². The van der Waals surface area contributed by atoms with Crippen molar-refractivity contribution in [1.82, 2.24) is 5.32 Å². The third-order valence-corrected chi connectivity index (χ3v) is 3.20. The molecule has 0 radical (unpaired) electrons. The van der Waals surface area contributed by atoms with Crippen LogP contribution in [0.1, 0.15) is 5.56 Å². The molecule has 1 aromatic carbocycles. The van der Waals surface area contributed by atoms with Gasteiger partial charge in [-0.05, 0) is 35.5 Å². The average Bonchev–Trinajstić information content (AvgIpc) is 2.60. The van der Waals surface area contributed by atoms with Crippen molar-refractivity contribution < 1.29 is 14.6 Å². The topological polar surface area (TPSA) is 58.6 Å². The van der Waals surface area contributed by atoms with Gasteiger partial charge in [-0.15, -0.1) is 0 Å². The van der Waals surface area contributed by atoms with E-state index in [1.54, 1.807) is 18.2 Å². The predicted molar refractivity (Wildman–Crippen MR) is 71.0 cm³/mol. The summed E-state index contributed by atoms with van der Waals surface area (Å²) in [5.41, 5.74) is 1.19. The van der Waals surface area contributed by atoms with Crippen LogP contribution >= 0.6 is 24.0 Å². The summed E-state index contributed by atoms with van der Waals surface area (Å²) in [7, 11) is 1.47. The van der Waals surface area contributed by atoms with Gasteiger partial charge in [-0.1, -0.05) is 18.3 Å². The molecule has 17 heavy (non-hydrogen) atoms. The molecule has 0 atom stereocenters. The van der Waals surface area contributed by atoms with Crippen LogP contribution in [-0.4, -0.2) is 21.7 Å². The summed E-state index contributed by atoms with van der Waals surface area (Å²) in [6.07, 6.45) is 1.66. The summed E-state index contributed by atoms with van der Waals surface area (Å²) < 4.78 is 5.43. The number of carbonyl (C=O) groups is 1. The first-order valence-electron chi connectivity index (χ1n) is 4.72. The van der Waals surface area contributed by atoms with Gasteiger partial charge < -0.3 is 15.2 Å². The minimum atomic E-state index is -0.109. The van der Waals surface area contributed by atoms with Gasteiger partial charge in [-0.3, -0.25) is 4.79 Å². The zero-order valence-electron chi connectivity index (χ0n) is 8.89. The highest BCUT2D eigenvalue weighted by Gasteiger charge is 2.22. The van der Waals surface area contributed by atoms with Gasteiger partial charge in [-0.2, -0.15) is 0 Å². The van der Waals surface area contributed by atoms with E-state index in [9.17, 15) is 9.90 Å². The second kappa shape index (κ2) is 4.77. The van der Waals surface area contributed by atoms with Crippen molar-refractivity contribution >= 4 is 39.5 Å². The van der Waals surface area contributed by atoms with Crippen LogP contribution in [-0.2, 0) is 4.79 Å². The van der Waals surface area contributed by atoms with Crippen LogP contribution in [0.4, 0.5) is 0 Å². The first-order valence-corrected chi connectivity index (χ1v) is 5.94. The highest BCUT2D eigenvalue weighted by atomic mass is 32.2. The minimum Gasteiger partial charge on any atom is -0.504 e. The molecule has 0 spiro atoms. The van der Waals surface area contributed by atoms with Crippen molar-refractivity contribution in [2.24, 2.45) is 0 Å². The molecule has 0 aromatic heterocycles. The third kappa shape index (κ3) is 2.59. The maximum absolute atomic E-state index is 11.5. The Morgan fingerprint density at radius 1 is 1.53 bits per heavy atom. The zero-order valence-corrected chi connectivity index (χ0v) is 10.5. The highest BCUT2D eigenvalue weighted by molar-refractivity contribution is 8.33. The van der Waals surface area contributed by atoms with Gasteiger partial charge in [0.05, 0.1) is 12.8 Å². The lowest BCUT2D eigenvalue weighted by atomic mass is 10.1. The lowest BCUT2D eigenvalue weighted by molar-refractivity contribution is -0.107. The van der Waals surface area contributed by atoms with Crippen LogP contribution in [0.3, 0.4) is 0 Å². The van der Waals surface area contributed by atoms with Crippen LogP contribution < -0.4 is 10.1 Å². The minimum absolute atomic E-state index is 0.0604. The summed E-state index contributed by atoms with van der Waals surface area (Å²) in [5, 5.41) is 12.1. The number of nitrogens with one attached hydrogen (secondary N) is 1. The first kappa shape index (κ1) is 11.9. The van der Waals surface area contributed by atoms with Gasteiger partial charge in [0.2, 0.25) is 5.12 Å². The van der Waals surface area contributed by atoms with Crippen LogP contribution in [0.2, 0.25) is 0 Å². The molecule has 0 unspecified atom stereocenters. The van der Waals surface area contributed by atoms with Gasteiger partial charge in [0.1, 0.15) is 4.32 Å². The monoisotopic (exact) mass is 267 g/mol. The highest BCUT2D eigenvalue weighted by Crippen LogP contribution is 2.28. The van der Waals surface area contributed by atoms with Crippen molar-refractivity contribution in [2.45, 2.75) is 0 Å². The second-order valence-corrected chi connectivity index (χ2v) is 4.94. The molecule has 2 rings (SSSR count). The molecule has 1 saturated heterocycles. The summed E-state index contributed by atoms with van der Waals surface area (Å²) in [5.74, 6) is 0.422. The first-order chi connectivity index (χ1) is 8.10. The molecule has 0 bridgehead atoms. The molecule has 1 fully saturated rings. The second-order valence-electron chi connectivity index (χ2n) is 3.29. The molecular formula is C11H9NO3S2. The number of benzene rings is 1. The number of ether oxygens (including phenoxy) is 1. The van der Waals surface area contributed by atoms with E-state index in [4.69, 9.17) is 17.0 Å². The van der Waals surface area contributed by atoms with Crippen molar-refractivity contribution in [3.63, 3.8) is 0 Å². The van der Waals surface area contributed by atoms with E-state index in [2.05, 4.69) is 5.32 Å². The Bertz CT molecular complexity index is 525. The summed E-state index contributed by atoms with van der Waals surface area (Å²) >= 11 is 5.88. The van der Waals surface area contributed by atoms with Crippen molar-refractivity contribution in [3.8, 4) is 11.5 Å². The molecule has 1 heterocycles. The number of thioether (sulfide) groups is 1. The van der Waals surface area contributed by atoms with Gasteiger partial charge in [-0.25, -0.2) is 0 Å². The number of thiocarbonyl (C=S) groups is 1. The van der Waals surface area contributed by atoms with Crippen LogP contribution in [0, 0.1) is 0 Å². The van der Waals surface area contributed by atoms with Crippen molar-refractivity contribution in [1.29, 1.82) is 0 Å². The largest absolute Gasteiger partial charge is 0.504 e. The molecule has 4 nitrogen and oxygen atoms in total. The molecule has 0 aliphatic carbocycles. The number of hydrogen-bond donors (Lipinski definition) is 2. The third-order valence-electron chi connectivity index (χ3n) is 2.16.